The van der Waals surface area contributed by atoms with Gasteiger partial charge < -0.3 is 15.5 Å². The molecule has 1 aromatic carbocycles. The van der Waals surface area contributed by atoms with Gasteiger partial charge in [0, 0.05) is 54.3 Å². The Labute approximate surface area is 236 Å². The first-order chi connectivity index (χ1) is 19.5. The number of nitrogens with one attached hydrogen (secondary N) is 3. The number of nitrogens with zero attached hydrogens (tertiary/aromatic N) is 1. The Balaban J connectivity index is 1.51. The molecule has 0 aromatic heterocycles. The Kier molecular flexibility index (Phi) is 9.10. The van der Waals surface area contributed by atoms with Gasteiger partial charge in [-0.1, -0.05) is 6.07 Å². The Hall–Kier alpha value is -2.97. The first-order valence-corrected chi connectivity index (χ1v) is 13.8. The fourth-order valence-corrected chi connectivity index (χ4v) is 6.01. The Morgan fingerprint density at radius 1 is 0.952 bits per heavy atom. The van der Waals surface area contributed by atoms with Crippen molar-refractivity contribution in [3.63, 3.8) is 0 Å². The average Bonchev–Trinajstić information content (AvgIpc) is 3.21. The molecule has 0 bridgehead atoms. The number of fused-ring (bicyclic) bond motifs is 1. The predicted molar refractivity (Wildman–Crippen MR) is 135 cm³/mol. The van der Waals surface area contributed by atoms with Gasteiger partial charge in [-0.25, -0.2) is 0 Å². The maximum atomic E-state index is 13.7. The van der Waals surface area contributed by atoms with Crippen LogP contribution >= 0.6 is 0 Å². The zero-order valence-corrected chi connectivity index (χ0v) is 22.6. The second-order valence-electron chi connectivity index (χ2n) is 11.3. The first-order valence-electron chi connectivity index (χ1n) is 13.8. The molecule has 1 saturated carbocycles. The normalized spacial score (nSPS) is 25.4. The highest BCUT2D eigenvalue weighted by Gasteiger charge is 2.56. The molecule has 4 rings (SSSR count). The molecule has 15 heteroatoms. The fourth-order valence-electron chi connectivity index (χ4n) is 6.01. The van der Waals surface area contributed by atoms with Crippen LogP contribution in [-0.4, -0.2) is 65.1 Å². The van der Waals surface area contributed by atoms with Gasteiger partial charge in [-0.05, 0) is 57.1 Å². The molecular formula is C27H32F8N4O3. The van der Waals surface area contributed by atoms with Crippen molar-refractivity contribution in [2.24, 2.45) is 0 Å². The van der Waals surface area contributed by atoms with Gasteiger partial charge in [0.25, 0.3) is 5.91 Å². The minimum atomic E-state index is -5.69. The number of carbonyl (C=O) groups excluding carboxylic acids is 3. The number of amides is 3. The Bertz CT molecular complexity index is 1180. The van der Waals surface area contributed by atoms with Crippen molar-refractivity contribution >= 4 is 23.4 Å². The van der Waals surface area contributed by atoms with E-state index in [1.54, 1.807) is 18.2 Å². The SMILES string of the molecule is O=C1CCC(N2Cc3c(NC4(CCCC(F)(F)C(F)(F)F)CCC(NCCC(F)(F)F)CC4)cccc3C2=O)C(=O)N1. The molecular weight excluding hydrogens is 580 g/mol. The van der Waals surface area contributed by atoms with Crippen LogP contribution < -0.4 is 16.0 Å². The topological polar surface area (TPSA) is 90.5 Å². The molecule has 2 heterocycles. The van der Waals surface area contributed by atoms with E-state index in [2.05, 4.69) is 16.0 Å². The molecule has 42 heavy (non-hydrogen) atoms. The molecule has 234 valence electrons. The van der Waals surface area contributed by atoms with E-state index in [0.29, 0.717) is 29.7 Å². The number of benzene rings is 1. The minimum absolute atomic E-state index is 0.0213. The second kappa shape index (κ2) is 12.0. The fraction of sp³-hybridized carbons (Fsp3) is 0.667. The Morgan fingerprint density at radius 3 is 2.26 bits per heavy atom. The van der Waals surface area contributed by atoms with Crippen LogP contribution in [0.3, 0.4) is 0 Å². The molecule has 1 aromatic rings. The molecule has 1 atom stereocenters. The molecule has 0 spiro atoms. The standard InChI is InChI=1S/C27H32F8N4O3/c28-25(29,27(33,34)35)10-2-9-24(11-7-16(8-12-24)36-14-13-26(30,31)32)38-19-4-1-3-17-18(19)15-39(23(17)42)20-5-6-21(40)37-22(20)41/h1,3-4,16,20,36,38H,2,5-15H2,(H,37,40,41). The number of anilines is 1. The van der Waals surface area contributed by atoms with Crippen LogP contribution in [0.15, 0.2) is 18.2 Å². The molecule has 1 aliphatic carbocycles. The predicted octanol–water partition coefficient (Wildman–Crippen LogP) is 5.45. The third-order valence-electron chi connectivity index (χ3n) is 8.33. The van der Waals surface area contributed by atoms with Crippen LogP contribution in [0.5, 0.6) is 0 Å². The molecule has 3 aliphatic rings. The summed E-state index contributed by atoms with van der Waals surface area (Å²) in [6, 6.07) is 3.65. The number of alkyl halides is 8. The maximum absolute atomic E-state index is 13.7. The van der Waals surface area contributed by atoms with Gasteiger partial charge in [-0.15, -0.1) is 0 Å². The highest BCUT2D eigenvalue weighted by atomic mass is 19.4. The van der Waals surface area contributed by atoms with E-state index in [4.69, 9.17) is 0 Å². The minimum Gasteiger partial charge on any atom is -0.379 e. The Morgan fingerprint density at radius 2 is 1.64 bits per heavy atom. The highest BCUT2D eigenvalue weighted by Crippen LogP contribution is 2.43. The van der Waals surface area contributed by atoms with Crippen molar-refractivity contribution in [1.82, 2.24) is 15.5 Å². The average molecular weight is 613 g/mol. The zero-order valence-electron chi connectivity index (χ0n) is 22.6. The summed E-state index contributed by atoms with van der Waals surface area (Å²) in [5, 5.41) is 8.38. The molecule has 1 unspecified atom stereocenters. The van der Waals surface area contributed by atoms with Crippen molar-refractivity contribution in [1.29, 1.82) is 0 Å². The molecule has 7 nitrogen and oxygen atoms in total. The molecule has 3 amide bonds. The van der Waals surface area contributed by atoms with Crippen molar-refractivity contribution in [2.75, 3.05) is 11.9 Å². The third kappa shape index (κ3) is 7.32. The van der Waals surface area contributed by atoms with Crippen molar-refractivity contribution < 1.29 is 49.5 Å². The van der Waals surface area contributed by atoms with Crippen molar-refractivity contribution in [3.05, 3.63) is 29.3 Å². The lowest BCUT2D eigenvalue weighted by Crippen LogP contribution is -2.52. The summed E-state index contributed by atoms with van der Waals surface area (Å²) >= 11 is 0. The molecule has 3 N–H and O–H groups in total. The van der Waals surface area contributed by atoms with Gasteiger partial charge in [0.1, 0.15) is 6.04 Å². The van der Waals surface area contributed by atoms with E-state index >= 15 is 0 Å². The maximum Gasteiger partial charge on any atom is 0.453 e. The van der Waals surface area contributed by atoms with Crippen LogP contribution in [0.4, 0.5) is 40.8 Å². The van der Waals surface area contributed by atoms with Gasteiger partial charge in [0.2, 0.25) is 11.8 Å². The van der Waals surface area contributed by atoms with Gasteiger partial charge in [0.05, 0.1) is 6.42 Å². The van der Waals surface area contributed by atoms with Gasteiger partial charge >= 0.3 is 18.3 Å². The molecule has 1 saturated heterocycles. The molecule has 2 fully saturated rings. The number of halogens is 8. The van der Waals surface area contributed by atoms with E-state index in [0.717, 1.165) is 0 Å². The van der Waals surface area contributed by atoms with E-state index in [-0.39, 0.29) is 51.2 Å². The van der Waals surface area contributed by atoms with Crippen LogP contribution in [0.25, 0.3) is 0 Å². The number of rotatable bonds is 10. The summed E-state index contributed by atoms with van der Waals surface area (Å²) in [7, 11) is 0. The summed E-state index contributed by atoms with van der Waals surface area (Å²) in [5.74, 6) is -6.34. The summed E-state index contributed by atoms with van der Waals surface area (Å²) in [6.45, 7) is -0.273. The van der Waals surface area contributed by atoms with Gasteiger partial charge in [0.15, 0.2) is 0 Å². The highest BCUT2D eigenvalue weighted by molar-refractivity contribution is 6.06. The third-order valence-corrected chi connectivity index (χ3v) is 8.33. The van der Waals surface area contributed by atoms with Crippen LogP contribution in [0.1, 0.15) is 80.1 Å². The smallest absolute Gasteiger partial charge is 0.379 e. The van der Waals surface area contributed by atoms with E-state index in [9.17, 15) is 49.5 Å². The summed E-state index contributed by atoms with van der Waals surface area (Å²) in [5.41, 5.74) is 0.328. The number of hydrogen-bond acceptors (Lipinski definition) is 5. The van der Waals surface area contributed by atoms with Gasteiger partial charge in [-0.3, -0.25) is 19.7 Å². The van der Waals surface area contributed by atoms with E-state index in [1.807, 2.05) is 0 Å². The summed E-state index contributed by atoms with van der Waals surface area (Å²) in [6.07, 6.45) is -11.5. The van der Waals surface area contributed by atoms with Crippen molar-refractivity contribution in [2.45, 2.75) is 107 Å². The van der Waals surface area contributed by atoms with Crippen molar-refractivity contribution in [3.8, 4) is 0 Å². The molecule has 2 aliphatic heterocycles. The van der Waals surface area contributed by atoms with Crippen LogP contribution in [0.2, 0.25) is 0 Å². The second-order valence-corrected chi connectivity index (χ2v) is 11.3. The quantitative estimate of drug-likeness (QED) is 0.242. The van der Waals surface area contributed by atoms with E-state index in [1.165, 1.54) is 4.90 Å². The first kappa shape index (κ1) is 32.0. The van der Waals surface area contributed by atoms with Crippen LogP contribution in [0, 0.1) is 0 Å². The number of carbonyl (C=O) groups is 3. The van der Waals surface area contributed by atoms with E-state index < -0.39 is 66.8 Å². The zero-order chi connectivity index (χ0) is 30.9. The lowest BCUT2D eigenvalue weighted by atomic mass is 9.75. The van der Waals surface area contributed by atoms with Crippen LogP contribution in [-0.2, 0) is 16.1 Å². The number of hydrogen-bond donors (Lipinski definition) is 3. The summed E-state index contributed by atoms with van der Waals surface area (Å²) < 4.78 is 103. The van der Waals surface area contributed by atoms with Gasteiger partial charge in [-0.2, -0.15) is 35.1 Å². The monoisotopic (exact) mass is 612 g/mol. The number of piperidine rings is 1. The lowest BCUT2D eigenvalue weighted by molar-refractivity contribution is -0.284. The number of imide groups is 1. The molecule has 0 radical (unpaired) electrons. The lowest BCUT2D eigenvalue weighted by Gasteiger charge is -2.43. The largest absolute Gasteiger partial charge is 0.453 e. The summed E-state index contributed by atoms with van der Waals surface area (Å²) in [4.78, 5) is 38.5.